The fourth-order valence-corrected chi connectivity index (χ4v) is 5.23. The van der Waals surface area contributed by atoms with Gasteiger partial charge in [-0.2, -0.15) is 5.26 Å². The molecule has 2 aromatic rings. The lowest BCUT2D eigenvalue weighted by Crippen LogP contribution is -2.43. The Morgan fingerprint density at radius 1 is 1.14 bits per heavy atom. The number of aromatic nitrogens is 1. The molecular formula is C33H43F2N9O5. The number of aliphatic imine (C=N–C) groups is 1. The van der Waals surface area contributed by atoms with Gasteiger partial charge in [0, 0.05) is 57.4 Å². The van der Waals surface area contributed by atoms with Crippen molar-refractivity contribution >= 4 is 52.0 Å². The fraction of sp³-hybridized carbons (Fsp3) is 0.515. The summed E-state index contributed by atoms with van der Waals surface area (Å²) in [5.74, 6) is -5.42. The van der Waals surface area contributed by atoms with E-state index < -0.39 is 55.2 Å². The number of hydrogen-bond acceptors (Lipinski definition) is 8. The molecule has 2 heterocycles. The van der Waals surface area contributed by atoms with Crippen molar-refractivity contribution < 1.29 is 32.8 Å². The molecule has 1 aliphatic rings. The third kappa shape index (κ3) is 10.9. The number of benzene rings is 1. The van der Waals surface area contributed by atoms with Crippen LogP contribution in [0.3, 0.4) is 0 Å². The number of carbonyl (C=O) groups is 5. The van der Waals surface area contributed by atoms with Crippen LogP contribution in [0.15, 0.2) is 35.5 Å². The number of likely N-dealkylation sites (tertiary alicyclic amines) is 1. The van der Waals surface area contributed by atoms with Gasteiger partial charge in [0.2, 0.25) is 17.7 Å². The molecule has 0 radical (unpaired) electrons. The van der Waals surface area contributed by atoms with E-state index in [1.165, 1.54) is 12.3 Å². The highest BCUT2D eigenvalue weighted by atomic mass is 19.3. The van der Waals surface area contributed by atoms with Gasteiger partial charge in [-0.15, -0.1) is 0 Å². The molecule has 14 nitrogen and oxygen atoms in total. The van der Waals surface area contributed by atoms with Crippen molar-refractivity contribution in [1.82, 2.24) is 25.4 Å². The number of nitrogens with one attached hydrogen (secondary N) is 3. The van der Waals surface area contributed by atoms with Gasteiger partial charge in [-0.3, -0.25) is 33.9 Å². The molecule has 2 atom stereocenters. The highest BCUT2D eigenvalue weighted by Gasteiger charge is 2.47. The minimum atomic E-state index is -3.18. The Kier molecular flexibility index (Phi) is 13.5. The summed E-state index contributed by atoms with van der Waals surface area (Å²) < 4.78 is 27.5. The predicted molar refractivity (Wildman–Crippen MR) is 178 cm³/mol. The first-order valence-electron chi connectivity index (χ1n) is 16.0. The number of amides is 4. The van der Waals surface area contributed by atoms with Crippen molar-refractivity contribution in [3.05, 3.63) is 36.0 Å². The van der Waals surface area contributed by atoms with Crippen LogP contribution in [0.4, 0.5) is 14.5 Å². The van der Waals surface area contributed by atoms with Crippen molar-refractivity contribution in [3.63, 3.8) is 0 Å². The van der Waals surface area contributed by atoms with Gasteiger partial charge >= 0.3 is 0 Å². The second-order valence-electron chi connectivity index (χ2n) is 12.3. The van der Waals surface area contributed by atoms with Crippen LogP contribution in [0.5, 0.6) is 0 Å². The molecule has 49 heavy (non-hydrogen) atoms. The molecule has 1 aromatic heterocycles. The van der Waals surface area contributed by atoms with Gasteiger partial charge in [0.15, 0.2) is 11.7 Å². The van der Waals surface area contributed by atoms with Crippen molar-refractivity contribution in [2.24, 2.45) is 16.6 Å². The van der Waals surface area contributed by atoms with Crippen molar-refractivity contribution in [2.45, 2.75) is 70.4 Å². The summed E-state index contributed by atoms with van der Waals surface area (Å²) in [4.78, 5) is 74.7. The van der Waals surface area contributed by atoms with E-state index in [0.29, 0.717) is 41.9 Å². The van der Waals surface area contributed by atoms with Crippen molar-refractivity contribution in [1.29, 1.82) is 5.26 Å². The highest BCUT2D eigenvalue weighted by molar-refractivity contribution is 6.10. The topological polar surface area (TPSA) is 203 Å². The van der Waals surface area contributed by atoms with Crippen LogP contribution in [0.25, 0.3) is 10.9 Å². The Bertz CT molecular complexity index is 1620. The summed E-state index contributed by atoms with van der Waals surface area (Å²) in [6.45, 7) is 2.45. The molecule has 1 aromatic carbocycles. The number of rotatable bonds is 15. The highest BCUT2D eigenvalue weighted by Crippen LogP contribution is 2.31. The van der Waals surface area contributed by atoms with E-state index in [-0.39, 0.29) is 42.4 Å². The third-order valence-corrected chi connectivity index (χ3v) is 7.87. The number of anilines is 1. The van der Waals surface area contributed by atoms with E-state index in [4.69, 9.17) is 11.0 Å². The summed E-state index contributed by atoms with van der Waals surface area (Å²) in [6, 6.07) is 5.95. The minimum Gasteiger partial charge on any atom is -0.370 e. The number of para-hydroxylation sites is 1. The number of halogens is 2. The number of Topliss-reactive ketones (excluding diaryl/α,β-unsaturated/α-hetero) is 1. The Morgan fingerprint density at radius 3 is 2.53 bits per heavy atom. The Labute approximate surface area is 283 Å². The molecule has 0 bridgehead atoms. The maximum Gasteiger partial charge on any atom is 0.268 e. The molecule has 1 fully saturated rings. The van der Waals surface area contributed by atoms with Crippen molar-refractivity contribution in [3.8, 4) is 6.07 Å². The second-order valence-corrected chi connectivity index (χ2v) is 12.3. The molecule has 0 aliphatic carbocycles. The number of ketones is 1. The number of pyridine rings is 1. The van der Waals surface area contributed by atoms with E-state index in [2.05, 4.69) is 25.9 Å². The lowest BCUT2D eigenvalue weighted by atomic mass is 9.97. The summed E-state index contributed by atoms with van der Waals surface area (Å²) in [6.07, 6.45) is 1.75. The van der Waals surface area contributed by atoms with Gasteiger partial charge in [0.25, 0.3) is 11.8 Å². The molecule has 0 spiro atoms. The van der Waals surface area contributed by atoms with Gasteiger partial charge in [-0.1, -0.05) is 26.0 Å². The van der Waals surface area contributed by atoms with Crippen molar-refractivity contribution in [2.75, 3.05) is 39.0 Å². The number of carbonyl (C=O) groups excluding carboxylic acids is 5. The first kappa shape index (κ1) is 38.2. The maximum absolute atomic E-state index is 13.7. The molecule has 4 amide bonds. The normalized spacial score (nSPS) is 16.2. The van der Waals surface area contributed by atoms with Crippen LogP contribution >= 0.6 is 0 Å². The maximum atomic E-state index is 13.7. The summed E-state index contributed by atoms with van der Waals surface area (Å²) in [5.41, 5.74) is 6.54. The van der Waals surface area contributed by atoms with Crippen LogP contribution in [-0.4, -0.2) is 102 Å². The second kappa shape index (κ2) is 17.3. The molecule has 5 N–H and O–H groups in total. The zero-order valence-corrected chi connectivity index (χ0v) is 28.1. The predicted octanol–water partition coefficient (Wildman–Crippen LogP) is 2.20. The van der Waals surface area contributed by atoms with E-state index in [9.17, 15) is 32.8 Å². The standard InChI is InChI=1S/C33H43F2N9O5/c1-20(2)30(48)25(10-7-14-39-32(37)43(3)4)42-27(46)12-6-11-26(45)41-24-9-5-8-22-23(13-15-38-29(22)24)31(49)40-18-28(47)44-19-33(34,35)16-21(44)17-36/h5,8-9,13,15,20-21,25H,6-7,10-12,14,16,18-19H2,1-4H3,(H2,37,39)(H,40,49)(H,41,45)(H,42,46)/t21?,25-/m0/s1. The molecule has 1 saturated heterocycles. The molecule has 1 aliphatic heterocycles. The fourth-order valence-electron chi connectivity index (χ4n) is 5.23. The molecular weight excluding hydrogens is 640 g/mol. The Balaban J connectivity index is 1.55. The van der Waals surface area contributed by atoms with Gasteiger partial charge in [0.1, 0.15) is 6.04 Å². The number of nitriles is 1. The number of guanidine groups is 1. The molecule has 3 rings (SSSR count). The van der Waals surface area contributed by atoms with E-state index >= 15 is 0 Å². The first-order valence-corrected chi connectivity index (χ1v) is 16.0. The quantitative estimate of drug-likeness (QED) is 0.123. The summed E-state index contributed by atoms with van der Waals surface area (Å²) in [7, 11) is 3.54. The SMILES string of the molecule is CC(C)C(=O)[C@H](CCCN=C(N)N(C)C)NC(=O)CCCC(=O)Nc1cccc2c(C(=O)NCC(=O)N3CC(F)(F)CC3C#N)ccnc12. The van der Waals surface area contributed by atoms with Gasteiger partial charge in [-0.05, 0) is 31.4 Å². The number of nitrogens with zero attached hydrogens (tertiary/aromatic N) is 5. The van der Waals surface area contributed by atoms with Gasteiger partial charge in [-0.25, -0.2) is 8.78 Å². The van der Waals surface area contributed by atoms with E-state index in [0.717, 1.165) is 4.90 Å². The van der Waals surface area contributed by atoms with E-state index in [1.807, 2.05) is 0 Å². The molecule has 0 saturated carbocycles. The van der Waals surface area contributed by atoms with Crippen LogP contribution < -0.4 is 21.7 Å². The molecule has 16 heteroatoms. The molecule has 1 unspecified atom stereocenters. The van der Waals surface area contributed by atoms with E-state index in [1.54, 1.807) is 57.1 Å². The lowest BCUT2D eigenvalue weighted by Gasteiger charge is -2.19. The zero-order valence-electron chi connectivity index (χ0n) is 28.1. The smallest absolute Gasteiger partial charge is 0.268 e. The Morgan fingerprint density at radius 2 is 1.86 bits per heavy atom. The average Bonchev–Trinajstić information content (AvgIpc) is 3.38. The number of fused-ring (bicyclic) bond motifs is 1. The summed E-state index contributed by atoms with van der Waals surface area (Å²) >= 11 is 0. The monoisotopic (exact) mass is 683 g/mol. The van der Waals surface area contributed by atoms with Gasteiger partial charge in [0.05, 0.1) is 42.0 Å². The first-order chi connectivity index (χ1) is 23.1. The largest absolute Gasteiger partial charge is 0.370 e. The average molecular weight is 684 g/mol. The number of hydrogen-bond donors (Lipinski definition) is 4. The number of alkyl halides is 2. The lowest BCUT2D eigenvalue weighted by molar-refractivity contribution is -0.131. The zero-order chi connectivity index (χ0) is 36.3. The number of nitrogens with two attached hydrogens (primary N) is 1. The van der Waals surface area contributed by atoms with Crippen LogP contribution in [0.1, 0.15) is 62.7 Å². The Hall–Kier alpha value is -5.20. The third-order valence-electron chi connectivity index (χ3n) is 7.87. The molecule has 264 valence electrons. The minimum absolute atomic E-state index is 0.00729. The summed E-state index contributed by atoms with van der Waals surface area (Å²) in [5, 5.41) is 17.5. The van der Waals surface area contributed by atoms with Crippen LogP contribution in [0, 0.1) is 17.2 Å². The van der Waals surface area contributed by atoms with Crippen LogP contribution in [-0.2, 0) is 19.2 Å². The van der Waals surface area contributed by atoms with Gasteiger partial charge < -0.3 is 31.5 Å². The van der Waals surface area contributed by atoms with Crippen LogP contribution in [0.2, 0.25) is 0 Å².